The number of piperazine rings is 1. The van der Waals surface area contributed by atoms with Crippen molar-refractivity contribution in [3.63, 3.8) is 0 Å². The SMILES string of the molecule is CCS(=O)(=O)N1CCN(Cc2ccc(C(=O)NCc3ccc(OC)cc3)cc2)CC1. The molecule has 1 heterocycles. The summed E-state index contributed by atoms with van der Waals surface area (Å²) in [5, 5.41) is 2.93. The third-order valence-electron chi connectivity index (χ3n) is 5.32. The van der Waals surface area contributed by atoms with E-state index in [1.165, 1.54) is 0 Å². The number of rotatable bonds is 8. The zero-order chi connectivity index (χ0) is 21.6. The Morgan fingerprint density at radius 2 is 1.57 bits per heavy atom. The van der Waals surface area contributed by atoms with Crippen LogP contribution in [0.5, 0.6) is 5.75 Å². The van der Waals surface area contributed by atoms with Gasteiger partial charge in [-0.1, -0.05) is 24.3 Å². The molecular weight excluding hydrogens is 402 g/mol. The normalized spacial score (nSPS) is 15.7. The molecule has 0 spiro atoms. The first-order valence-electron chi connectivity index (χ1n) is 10.1. The smallest absolute Gasteiger partial charge is 0.251 e. The summed E-state index contributed by atoms with van der Waals surface area (Å²) in [6.45, 7) is 5.36. The van der Waals surface area contributed by atoms with Crippen molar-refractivity contribution in [2.75, 3.05) is 39.0 Å². The van der Waals surface area contributed by atoms with Gasteiger partial charge in [0, 0.05) is 44.8 Å². The van der Waals surface area contributed by atoms with E-state index in [1.54, 1.807) is 18.3 Å². The number of nitrogens with one attached hydrogen (secondary N) is 1. The molecule has 7 nitrogen and oxygen atoms in total. The lowest BCUT2D eigenvalue weighted by atomic mass is 10.1. The minimum atomic E-state index is -3.11. The van der Waals surface area contributed by atoms with Crippen LogP contribution in [0.25, 0.3) is 0 Å². The van der Waals surface area contributed by atoms with Gasteiger partial charge in [0.1, 0.15) is 5.75 Å². The van der Waals surface area contributed by atoms with Crippen molar-refractivity contribution < 1.29 is 17.9 Å². The lowest BCUT2D eigenvalue weighted by molar-refractivity contribution is 0.0951. The number of ether oxygens (including phenoxy) is 1. The molecule has 0 aromatic heterocycles. The summed E-state index contributed by atoms with van der Waals surface area (Å²) in [5.74, 6) is 0.819. The Balaban J connectivity index is 1.48. The standard InChI is InChI=1S/C22H29N3O4S/c1-3-30(27,28)25-14-12-24(13-15-25)17-19-4-8-20(9-5-19)22(26)23-16-18-6-10-21(29-2)11-7-18/h4-11H,3,12-17H2,1-2H3,(H,23,26). The van der Waals surface area contributed by atoms with Crippen LogP contribution in [0.3, 0.4) is 0 Å². The second-order valence-corrected chi connectivity index (χ2v) is 9.56. The Kier molecular flexibility index (Phi) is 7.47. The summed E-state index contributed by atoms with van der Waals surface area (Å²) in [4.78, 5) is 14.6. The van der Waals surface area contributed by atoms with Crippen molar-refractivity contribution in [3.05, 3.63) is 65.2 Å². The minimum Gasteiger partial charge on any atom is -0.497 e. The summed E-state index contributed by atoms with van der Waals surface area (Å²) in [6.07, 6.45) is 0. The van der Waals surface area contributed by atoms with Gasteiger partial charge in [-0.3, -0.25) is 9.69 Å². The highest BCUT2D eigenvalue weighted by Crippen LogP contribution is 2.14. The summed E-state index contributed by atoms with van der Waals surface area (Å²) < 4.78 is 30.6. The molecule has 2 aromatic carbocycles. The van der Waals surface area contributed by atoms with Gasteiger partial charge in [0.2, 0.25) is 10.0 Å². The highest BCUT2D eigenvalue weighted by molar-refractivity contribution is 7.89. The number of hydrogen-bond acceptors (Lipinski definition) is 5. The molecule has 1 amide bonds. The Hall–Kier alpha value is -2.42. The average molecular weight is 432 g/mol. The molecule has 0 bridgehead atoms. The van der Waals surface area contributed by atoms with Gasteiger partial charge in [-0.25, -0.2) is 8.42 Å². The molecule has 1 saturated heterocycles. The van der Waals surface area contributed by atoms with Crippen LogP contribution in [0, 0.1) is 0 Å². The summed E-state index contributed by atoms with van der Waals surface area (Å²) in [5.41, 5.74) is 2.73. The van der Waals surface area contributed by atoms with E-state index in [4.69, 9.17) is 4.74 Å². The van der Waals surface area contributed by atoms with Crippen LogP contribution in [0.2, 0.25) is 0 Å². The van der Waals surface area contributed by atoms with Gasteiger partial charge in [0.15, 0.2) is 0 Å². The highest BCUT2D eigenvalue weighted by Gasteiger charge is 2.25. The van der Waals surface area contributed by atoms with E-state index in [-0.39, 0.29) is 11.7 Å². The van der Waals surface area contributed by atoms with Gasteiger partial charge in [-0.05, 0) is 42.3 Å². The van der Waals surface area contributed by atoms with Crippen molar-refractivity contribution in [1.29, 1.82) is 0 Å². The summed E-state index contributed by atoms with van der Waals surface area (Å²) in [6, 6.07) is 15.2. The van der Waals surface area contributed by atoms with E-state index in [0.29, 0.717) is 38.3 Å². The maximum atomic E-state index is 12.4. The molecule has 2 aromatic rings. The Bertz CT molecular complexity index is 935. The molecule has 0 unspecified atom stereocenters. The van der Waals surface area contributed by atoms with Crippen molar-refractivity contribution in [2.45, 2.75) is 20.0 Å². The molecular formula is C22H29N3O4S. The van der Waals surface area contributed by atoms with Crippen LogP contribution in [0.1, 0.15) is 28.4 Å². The van der Waals surface area contributed by atoms with E-state index < -0.39 is 10.0 Å². The van der Waals surface area contributed by atoms with Crippen LogP contribution in [0.4, 0.5) is 0 Å². The largest absolute Gasteiger partial charge is 0.497 e. The molecule has 0 saturated carbocycles. The molecule has 0 atom stereocenters. The number of amides is 1. The molecule has 0 aliphatic carbocycles. The maximum absolute atomic E-state index is 12.4. The zero-order valence-corrected chi connectivity index (χ0v) is 18.3. The quantitative estimate of drug-likeness (QED) is 0.693. The first kappa shape index (κ1) is 22.3. The second-order valence-electron chi connectivity index (χ2n) is 7.30. The Labute approximate surface area is 178 Å². The fourth-order valence-electron chi connectivity index (χ4n) is 3.40. The zero-order valence-electron chi connectivity index (χ0n) is 17.5. The predicted molar refractivity (Wildman–Crippen MR) is 117 cm³/mol. The van der Waals surface area contributed by atoms with Crippen molar-refractivity contribution in [3.8, 4) is 5.75 Å². The van der Waals surface area contributed by atoms with Gasteiger partial charge < -0.3 is 10.1 Å². The van der Waals surface area contributed by atoms with E-state index in [1.807, 2.05) is 48.5 Å². The number of hydrogen-bond donors (Lipinski definition) is 1. The topological polar surface area (TPSA) is 79.0 Å². The maximum Gasteiger partial charge on any atom is 0.251 e. The Morgan fingerprint density at radius 3 is 2.13 bits per heavy atom. The van der Waals surface area contributed by atoms with Crippen LogP contribution in [0.15, 0.2) is 48.5 Å². The van der Waals surface area contributed by atoms with Gasteiger partial charge >= 0.3 is 0 Å². The van der Waals surface area contributed by atoms with Gasteiger partial charge in [0.05, 0.1) is 12.9 Å². The monoisotopic (exact) mass is 431 g/mol. The number of sulfonamides is 1. The van der Waals surface area contributed by atoms with E-state index in [9.17, 15) is 13.2 Å². The van der Waals surface area contributed by atoms with Crippen molar-refractivity contribution in [1.82, 2.24) is 14.5 Å². The minimum absolute atomic E-state index is 0.115. The second kappa shape index (κ2) is 10.1. The van der Waals surface area contributed by atoms with Crippen LogP contribution in [-0.2, 0) is 23.1 Å². The summed E-state index contributed by atoms with van der Waals surface area (Å²) >= 11 is 0. The fourth-order valence-corrected chi connectivity index (χ4v) is 4.48. The van der Waals surface area contributed by atoms with Crippen LogP contribution in [-0.4, -0.2) is 62.6 Å². The third kappa shape index (κ3) is 5.81. The number of benzene rings is 2. The lowest BCUT2D eigenvalue weighted by Crippen LogP contribution is -2.48. The van der Waals surface area contributed by atoms with Crippen LogP contribution < -0.4 is 10.1 Å². The van der Waals surface area contributed by atoms with Gasteiger partial charge in [0.25, 0.3) is 5.91 Å². The van der Waals surface area contributed by atoms with Gasteiger partial charge in [-0.2, -0.15) is 4.31 Å². The Morgan fingerprint density at radius 1 is 0.967 bits per heavy atom. The predicted octanol–water partition coefficient (Wildman–Crippen LogP) is 2.09. The molecule has 1 N–H and O–H groups in total. The van der Waals surface area contributed by atoms with Crippen molar-refractivity contribution in [2.24, 2.45) is 0 Å². The molecule has 1 fully saturated rings. The van der Waals surface area contributed by atoms with E-state index >= 15 is 0 Å². The first-order chi connectivity index (χ1) is 14.4. The third-order valence-corrected chi connectivity index (χ3v) is 7.21. The van der Waals surface area contributed by atoms with E-state index in [2.05, 4.69) is 10.2 Å². The highest BCUT2D eigenvalue weighted by atomic mass is 32.2. The molecule has 1 aliphatic heterocycles. The molecule has 30 heavy (non-hydrogen) atoms. The molecule has 8 heteroatoms. The number of methoxy groups -OCH3 is 1. The van der Waals surface area contributed by atoms with Crippen molar-refractivity contribution >= 4 is 15.9 Å². The lowest BCUT2D eigenvalue weighted by Gasteiger charge is -2.33. The molecule has 0 radical (unpaired) electrons. The molecule has 162 valence electrons. The number of carbonyl (C=O) groups excluding carboxylic acids is 1. The fraction of sp³-hybridized carbons (Fsp3) is 0.409. The van der Waals surface area contributed by atoms with Crippen LogP contribution >= 0.6 is 0 Å². The number of carbonyl (C=O) groups is 1. The molecule has 3 rings (SSSR count). The van der Waals surface area contributed by atoms with Gasteiger partial charge in [-0.15, -0.1) is 0 Å². The number of nitrogens with zero attached hydrogens (tertiary/aromatic N) is 2. The first-order valence-corrected chi connectivity index (χ1v) is 11.7. The summed E-state index contributed by atoms with van der Waals surface area (Å²) in [7, 11) is -1.48. The molecule has 1 aliphatic rings. The average Bonchev–Trinajstić information content (AvgIpc) is 2.78. The van der Waals surface area contributed by atoms with E-state index in [0.717, 1.165) is 23.4 Å².